The van der Waals surface area contributed by atoms with Crippen molar-refractivity contribution in [1.29, 1.82) is 0 Å². The Morgan fingerprint density at radius 3 is 1.57 bits per heavy atom. The van der Waals surface area contributed by atoms with E-state index in [1.165, 1.54) is 0 Å². The van der Waals surface area contributed by atoms with Gasteiger partial charge in [0.25, 0.3) is 0 Å². The Morgan fingerprint density at radius 1 is 0.617 bits per heavy atom. The maximum atomic E-state index is 14.0. The number of hydrogen-bond donors (Lipinski definition) is 1. The topological polar surface area (TPSA) is 113 Å². The second-order valence-corrected chi connectivity index (χ2v) is 17.6. The van der Waals surface area contributed by atoms with Crippen LogP contribution in [0.25, 0.3) is 32.0 Å². The molecule has 6 aromatic rings. The van der Waals surface area contributed by atoms with E-state index in [1.807, 2.05) is 89.8 Å². The molecule has 2 aliphatic heterocycles. The fourth-order valence-electron chi connectivity index (χ4n) is 8.35. The number of rotatable bonds is 14. The minimum Gasteiger partial charge on any atom is -0.341 e. The molecule has 2 aromatic heterocycles. The third-order valence-corrected chi connectivity index (χ3v) is 14.0. The summed E-state index contributed by atoms with van der Waals surface area (Å²) in [7, 11) is 0. The molecule has 4 aromatic carbocycles. The van der Waals surface area contributed by atoms with Crippen molar-refractivity contribution in [2.75, 3.05) is 13.1 Å². The van der Waals surface area contributed by atoms with Gasteiger partial charge in [-0.05, 0) is 59.1 Å². The van der Waals surface area contributed by atoms with Gasteiger partial charge < -0.3 is 15.1 Å². The molecule has 11 heteroatoms. The summed E-state index contributed by atoms with van der Waals surface area (Å²) in [4.78, 5) is 68.6. The first kappa shape index (κ1) is 41.0. The van der Waals surface area contributed by atoms with Gasteiger partial charge in [-0.15, -0.1) is 22.7 Å². The molecule has 0 unspecified atom stereocenters. The van der Waals surface area contributed by atoms with E-state index in [1.54, 1.807) is 29.6 Å². The molecule has 2 aliphatic rings. The SMILES string of the molecule is CCC(=O)C[C@H](C(=O)N1CCC[C@H]1c1ncc(-c2ccc(-c3ccc(-c4cnc([C@@H]5CCCN5C(=O)[C@H](NC(=O)CC)c5ccccc5)s4)cc3)cc2)s1)c1ccccc1. The number of ketones is 1. The lowest BCUT2D eigenvalue weighted by molar-refractivity contribution is -0.137. The highest BCUT2D eigenvalue weighted by Gasteiger charge is 2.38. The van der Waals surface area contributed by atoms with Crippen molar-refractivity contribution in [1.82, 2.24) is 25.1 Å². The van der Waals surface area contributed by atoms with Crippen molar-refractivity contribution in [3.8, 4) is 32.0 Å². The van der Waals surface area contributed by atoms with Crippen LogP contribution in [0.3, 0.4) is 0 Å². The van der Waals surface area contributed by atoms with Crippen molar-refractivity contribution in [2.24, 2.45) is 0 Å². The fourth-order valence-corrected chi connectivity index (χ4v) is 10.5. The monoisotopic (exact) mass is 835 g/mol. The van der Waals surface area contributed by atoms with Gasteiger partial charge in [-0.25, -0.2) is 9.97 Å². The minimum absolute atomic E-state index is 0.00756. The van der Waals surface area contributed by atoms with Crippen LogP contribution >= 0.6 is 22.7 Å². The zero-order chi connectivity index (χ0) is 41.6. The zero-order valence-corrected chi connectivity index (χ0v) is 35.6. The van der Waals surface area contributed by atoms with Gasteiger partial charge in [-0.3, -0.25) is 19.2 Å². The Hall–Kier alpha value is -5.78. The number of likely N-dealkylation sites (tertiary alicyclic amines) is 2. The molecule has 306 valence electrons. The first-order valence-corrected chi connectivity index (χ1v) is 22.6. The maximum Gasteiger partial charge on any atom is 0.250 e. The molecule has 60 heavy (non-hydrogen) atoms. The Labute approximate surface area is 359 Å². The van der Waals surface area contributed by atoms with Crippen LogP contribution < -0.4 is 5.32 Å². The van der Waals surface area contributed by atoms with Crippen LogP contribution in [0.5, 0.6) is 0 Å². The summed E-state index contributed by atoms with van der Waals surface area (Å²) in [5.74, 6) is -0.644. The van der Waals surface area contributed by atoms with E-state index in [0.29, 0.717) is 25.9 Å². The fraction of sp³-hybridized carbons (Fsp3) is 0.306. The molecular weight excluding hydrogens is 787 g/mol. The number of nitrogens with one attached hydrogen (secondary N) is 1. The Bertz CT molecular complexity index is 2260. The van der Waals surface area contributed by atoms with Gasteiger partial charge >= 0.3 is 0 Å². The van der Waals surface area contributed by atoms with Crippen molar-refractivity contribution in [3.05, 3.63) is 143 Å². The quantitative estimate of drug-likeness (QED) is 0.117. The molecule has 0 aliphatic carbocycles. The van der Waals surface area contributed by atoms with Gasteiger partial charge in [0.2, 0.25) is 17.7 Å². The van der Waals surface area contributed by atoms with Crippen LogP contribution in [-0.2, 0) is 19.2 Å². The second-order valence-electron chi connectivity index (χ2n) is 15.5. The summed E-state index contributed by atoms with van der Waals surface area (Å²) in [6.45, 7) is 4.93. The summed E-state index contributed by atoms with van der Waals surface area (Å²) >= 11 is 3.25. The average molecular weight is 836 g/mol. The summed E-state index contributed by atoms with van der Waals surface area (Å²) in [5, 5.41) is 4.79. The van der Waals surface area contributed by atoms with E-state index in [-0.39, 0.29) is 42.0 Å². The minimum atomic E-state index is -0.733. The van der Waals surface area contributed by atoms with Crippen LogP contribution in [0.2, 0.25) is 0 Å². The Balaban J connectivity index is 0.928. The van der Waals surface area contributed by atoms with E-state index in [2.05, 4.69) is 53.8 Å². The smallest absolute Gasteiger partial charge is 0.250 e. The number of carbonyl (C=O) groups excluding carboxylic acids is 4. The number of nitrogens with zero attached hydrogens (tertiary/aromatic N) is 4. The molecule has 0 radical (unpaired) electrons. The molecule has 0 spiro atoms. The molecule has 0 bridgehead atoms. The number of hydrogen-bond acceptors (Lipinski definition) is 8. The standard InChI is InChI=1S/C49H49N5O4S2/c1-3-38(55)29-39(34-13-7-5-8-14-34)48(57)53-27-11-17-40(53)46-50-30-42(59-46)35-23-19-32(20-24-35)33-21-25-36(26-22-33)43-31-51-47(60-43)41-18-12-28-54(41)49(58)45(52-44(56)4-2)37-15-9-6-10-16-37/h5-10,13-16,19-26,30-31,39-41,45H,3-4,11-12,17-18,27-29H2,1-2H3,(H,52,56)/t39-,40-,41-,45+/m0/s1. The van der Waals surface area contributed by atoms with Crippen molar-refractivity contribution in [2.45, 2.75) is 82.8 Å². The number of aromatic nitrogens is 2. The first-order chi connectivity index (χ1) is 29.3. The van der Waals surface area contributed by atoms with E-state index in [9.17, 15) is 19.2 Å². The normalized spacial score (nSPS) is 17.4. The molecule has 0 saturated carbocycles. The molecule has 9 nitrogen and oxygen atoms in total. The third kappa shape index (κ3) is 8.88. The van der Waals surface area contributed by atoms with Gasteiger partial charge in [0.1, 0.15) is 21.8 Å². The van der Waals surface area contributed by atoms with Gasteiger partial charge in [0.05, 0.1) is 27.8 Å². The van der Waals surface area contributed by atoms with Crippen molar-refractivity contribution in [3.63, 3.8) is 0 Å². The number of amides is 3. The van der Waals surface area contributed by atoms with Crippen LogP contribution in [0.4, 0.5) is 0 Å². The number of Topliss-reactive ketones (excluding diaryl/α,β-unsaturated/α-hetero) is 1. The molecule has 4 heterocycles. The lowest BCUT2D eigenvalue weighted by Gasteiger charge is -2.28. The maximum absolute atomic E-state index is 14.0. The second kappa shape index (κ2) is 18.6. The number of thiazole rings is 2. The largest absolute Gasteiger partial charge is 0.341 e. The number of benzene rings is 4. The predicted octanol–water partition coefficient (Wildman–Crippen LogP) is 10.3. The number of carbonyl (C=O) groups is 4. The highest BCUT2D eigenvalue weighted by Crippen LogP contribution is 2.41. The van der Waals surface area contributed by atoms with Gasteiger partial charge in [0.15, 0.2) is 0 Å². The van der Waals surface area contributed by atoms with Gasteiger partial charge in [-0.1, -0.05) is 123 Å². The van der Waals surface area contributed by atoms with Crippen molar-refractivity contribution >= 4 is 46.2 Å². The summed E-state index contributed by atoms with van der Waals surface area (Å²) < 4.78 is 0. The van der Waals surface area contributed by atoms with Crippen LogP contribution in [0.15, 0.2) is 122 Å². The molecule has 1 N–H and O–H groups in total. The third-order valence-electron chi connectivity index (χ3n) is 11.7. The highest BCUT2D eigenvalue weighted by atomic mass is 32.1. The molecule has 3 amide bonds. The lowest BCUT2D eigenvalue weighted by atomic mass is 9.91. The molecule has 4 atom stereocenters. The van der Waals surface area contributed by atoms with Gasteiger partial charge in [0, 0.05) is 44.7 Å². The summed E-state index contributed by atoms with van der Waals surface area (Å²) in [6.07, 6.45) is 8.22. The average Bonchev–Trinajstić information content (AvgIpc) is 4.15. The van der Waals surface area contributed by atoms with Crippen LogP contribution in [0, 0.1) is 0 Å². The zero-order valence-electron chi connectivity index (χ0n) is 34.0. The molecule has 2 fully saturated rings. The molecule has 8 rings (SSSR count). The summed E-state index contributed by atoms with van der Waals surface area (Å²) in [5.41, 5.74) is 6.00. The Kier molecular flexibility index (Phi) is 12.7. The van der Waals surface area contributed by atoms with E-state index in [0.717, 1.165) is 78.8 Å². The van der Waals surface area contributed by atoms with Crippen molar-refractivity contribution < 1.29 is 19.2 Å². The summed E-state index contributed by atoms with van der Waals surface area (Å²) in [6, 6.07) is 35.2. The van der Waals surface area contributed by atoms with E-state index >= 15 is 0 Å². The lowest BCUT2D eigenvalue weighted by Crippen LogP contribution is -2.42. The Morgan fingerprint density at radius 2 is 1.08 bits per heavy atom. The van der Waals surface area contributed by atoms with Crippen LogP contribution in [-0.4, -0.2) is 56.4 Å². The predicted molar refractivity (Wildman–Crippen MR) is 238 cm³/mol. The van der Waals surface area contributed by atoms with E-state index < -0.39 is 12.0 Å². The van der Waals surface area contributed by atoms with Crippen LogP contribution in [0.1, 0.15) is 104 Å². The highest BCUT2D eigenvalue weighted by molar-refractivity contribution is 7.15. The molecule has 2 saturated heterocycles. The van der Waals surface area contributed by atoms with E-state index in [4.69, 9.17) is 9.97 Å². The first-order valence-electron chi connectivity index (χ1n) is 21.0. The molecular formula is C49H49N5O4S2. The van der Waals surface area contributed by atoms with Gasteiger partial charge in [-0.2, -0.15) is 0 Å².